The van der Waals surface area contributed by atoms with Crippen LogP contribution in [-0.4, -0.2) is 14.5 Å². The third kappa shape index (κ3) is 5.20. The maximum Gasteiger partial charge on any atom is 0.0979 e. The second-order valence-corrected chi connectivity index (χ2v) is 14.6. The van der Waals surface area contributed by atoms with Gasteiger partial charge in [-0.3, -0.25) is 0 Å². The molecule has 3 heteroatoms. The normalized spacial score (nSPS) is 11.7. The Morgan fingerprint density at radius 3 is 1.41 bits per heavy atom. The van der Waals surface area contributed by atoms with E-state index in [2.05, 4.69) is 206 Å². The molecule has 0 fully saturated rings. The minimum Gasteiger partial charge on any atom is -0.309 e. The van der Waals surface area contributed by atoms with Gasteiger partial charge in [0.05, 0.1) is 33.5 Å². The summed E-state index contributed by atoms with van der Waals surface area (Å²) in [4.78, 5) is 10.4. The molecule has 2 heterocycles. The van der Waals surface area contributed by atoms with Gasteiger partial charge < -0.3 is 4.57 Å². The molecule has 0 aliphatic carbocycles. The molecule has 262 valence electrons. The van der Waals surface area contributed by atoms with Crippen molar-refractivity contribution in [2.75, 3.05) is 0 Å². The number of benzene rings is 9. The summed E-state index contributed by atoms with van der Waals surface area (Å²) in [6, 6.07) is 69.7. The molecule has 3 nitrogen and oxygen atoms in total. The summed E-state index contributed by atoms with van der Waals surface area (Å²) in [7, 11) is 0. The van der Waals surface area contributed by atoms with Gasteiger partial charge in [-0.05, 0) is 81.4 Å². The molecule has 2 aromatic heterocycles. The molecule has 56 heavy (non-hydrogen) atoms. The minimum atomic E-state index is 0.916. The largest absolute Gasteiger partial charge is 0.309 e. The first-order chi connectivity index (χ1) is 27.7. The molecule has 0 aliphatic rings. The predicted molar refractivity (Wildman–Crippen MR) is 235 cm³/mol. The molecule has 0 saturated carbocycles. The highest BCUT2D eigenvalue weighted by atomic mass is 15.0. The fraction of sp³-hybridized carbons (Fsp3) is 0.0189. The lowest BCUT2D eigenvalue weighted by Gasteiger charge is -2.13. The Bertz CT molecular complexity index is 3290. The molecule has 0 aliphatic heterocycles. The molecule has 0 amide bonds. The lowest BCUT2D eigenvalue weighted by atomic mass is 9.96. The molecule has 0 spiro atoms. The number of nitrogens with zero attached hydrogens (tertiary/aromatic N) is 3. The number of rotatable bonds is 5. The quantitative estimate of drug-likeness (QED) is 0.166. The summed E-state index contributed by atoms with van der Waals surface area (Å²) in [5.41, 5.74) is 15.5. The van der Waals surface area contributed by atoms with E-state index < -0.39 is 0 Å². The standard InChI is InChI=1S/C53H35N3/c1-34-51(55-53-48-20-8-6-17-44(48)43-16-5-7-19-47(43)52(53)54-34)38-28-26-36(27-29-38)40-13-11-12-39(32-40)35-22-24-37(25-23-35)41-30-31-46-45-18-9-10-21-49(45)56(50(46)33-41)42-14-3-2-4-15-42/h2-33H,1H3. The average molecular weight is 714 g/mol. The fourth-order valence-corrected chi connectivity index (χ4v) is 8.58. The van der Waals surface area contributed by atoms with Crippen molar-refractivity contribution in [3.63, 3.8) is 0 Å². The molecule has 11 rings (SSSR count). The third-order valence-corrected chi connectivity index (χ3v) is 11.3. The van der Waals surface area contributed by atoms with Gasteiger partial charge in [-0.25, -0.2) is 9.97 Å². The van der Waals surface area contributed by atoms with Crippen LogP contribution in [0.1, 0.15) is 5.69 Å². The van der Waals surface area contributed by atoms with Crippen molar-refractivity contribution in [1.29, 1.82) is 0 Å². The van der Waals surface area contributed by atoms with Crippen LogP contribution >= 0.6 is 0 Å². The van der Waals surface area contributed by atoms with Gasteiger partial charge in [0.15, 0.2) is 0 Å². The first-order valence-electron chi connectivity index (χ1n) is 19.2. The van der Waals surface area contributed by atoms with E-state index in [1.165, 1.54) is 66.1 Å². The van der Waals surface area contributed by atoms with Crippen molar-refractivity contribution < 1.29 is 0 Å². The van der Waals surface area contributed by atoms with Gasteiger partial charge in [-0.1, -0.05) is 164 Å². The number of hydrogen-bond donors (Lipinski definition) is 0. The van der Waals surface area contributed by atoms with E-state index in [0.29, 0.717) is 0 Å². The molecule has 0 saturated heterocycles. The van der Waals surface area contributed by atoms with Crippen molar-refractivity contribution >= 4 is 54.4 Å². The van der Waals surface area contributed by atoms with Crippen LogP contribution < -0.4 is 0 Å². The predicted octanol–water partition coefficient (Wildman–Crippen LogP) is 14.0. The SMILES string of the molecule is Cc1nc2c3ccccc3c3ccccc3c2nc1-c1ccc(-c2cccc(-c3ccc(-c4ccc5c6ccccc6n(-c6ccccc6)c5c4)cc3)c2)cc1. The topological polar surface area (TPSA) is 30.7 Å². The molecule has 11 aromatic rings. The highest BCUT2D eigenvalue weighted by Crippen LogP contribution is 2.38. The van der Waals surface area contributed by atoms with E-state index in [1.807, 2.05) is 0 Å². The van der Waals surface area contributed by atoms with Crippen LogP contribution in [0.25, 0.3) is 105 Å². The summed E-state index contributed by atoms with van der Waals surface area (Å²) < 4.78 is 2.38. The van der Waals surface area contributed by atoms with Crippen LogP contribution in [0.15, 0.2) is 194 Å². The van der Waals surface area contributed by atoms with E-state index in [1.54, 1.807) is 0 Å². The Balaban J connectivity index is 0.907. The molecule has 9 aromatic carbocycles. The number of fused-ring (bicyclic) bond motifs is 9. The molecular formula is C53H35N3. The Hall–Kier alpha value is -7.36. The van der Waals surface area contributed by atoms with Crippen molar-refractivity contribution in [2.45, 2.75) is 6.92 Å². The molecular weight excluding hydrogens is 679 g/mol. The Morgan fingerprint density at radius 2 is 0.786 bits per heavy atom. The Kier molecular flexibility index (Phi) is 7.39. The van der Waals surface area contributed by atoms with Gasteiger partial charge in [-0.15, -0.1) is 0 Å². The van der Waals surface area contributed by atoms with E-state index in [0.717, 1.165) is 44.3 Å². The summed E-state index contributed by atoms with van der Waals surface area (Å²) in [5.74, 6) is 0. The zero-order valence-electron chi connectivity index (χ0n) is 30.8. The monoisotopic (exact) mass is 713 g/mol. The average Bonchev–Trinajstić information content (AvgIpc) is 3.60. The van der Waals surface area contributed by atoms with Gasteiger partial charge in [0.25, 0.3) is 0 Å². The van der Waals surface area contributed by atoms with Gasteiger partial charge in [0.2, 0.25) is 0 Å². The highest BCUT2D eigenvalue weighted by Gasteiger charge is 2.16. The molecule has 0 unspecified atom stereocenters. The zero-order chi connectivity index (χ0) is 37.2. The van der Waals surface area contributed by atoms with E-state index in [4.69, 9.17) is 9.97 Å². The van der Waals surface area contributed by atoms with Crippen LogP contribution in [0.3, 0.4) is 0 Å². The number of hydrogen-bond acceptors (Lipinski definition) is 2. The fourth-order valence-electron chi connectivity index (χ4n) is 8.58. The molecule has 0 bridgehead atoms. The second kappa shape index (κ2) is 12.9. The van der Waals surface area contributed by atoms with Crippen LogP contribution in [0.4, 0.5) is 0 Å². The number of para-hydroxylation sites is 2. The van der Waals surface area contributed by atoms with Crippen LogP contribution in [-0.2, 0) is 0 Å². The lowest BCUT2D eigenvalue weighted by molar-refractivity contribution is 1.18. The lowest BCUT2D eigenvalue weighted by Crippen LogP contribution is -1.96. The zero-order valence-corrected chi connectivity index (χ0v) is 30.8. The van der Waals surface area contributed by atoms with E-state index >= 15 is 0 Å². The molecule has 0 N–H and O–H groups in total. The maximum atomic E-state index is 5.29. The Labute approximate surface area is 324 Å². The number of aryl methyl sites for hydroxylation is 1. The maximum absolute atomic E-state index is 5.29. The second-order valence-electron chi connectivity index (χ2n) is 14.6. The summed E-state index contributed by atoms with van der Waals surface area (Å²) in [6.07, 6.45) is 0. The van der Waals surface area contributed by atoms with Gasteiger partial charge >= 0.3 is 0 Å². The van der Waals surface area contributed by atoms with Crippen molar-refractivity contribution in [3.05, 3.63) is 200 Å². The van der Waals surface area contributed by atoms with Crippen molar-refractivity contribution in [3.8, 4) is 50.3 Å². The van der Waals surface area contributed by atoms with E-state index in [-0.39, 0.29) is 0 Å². The van der Waals surface area contributed by atoms with Gasteiger partial charge in [0, 0.05) is 32.8 Å². The minimum absolute atomic E-state index is 0.916. The van der Waals surface area contributed by atoms with Crippen molar-refractivity contribution in [1.82, 2.24) is 14.5 Å². The third-order valence-electron chi connectivity index (χ3n) is 11.3. The summed E-state index contributed by atoms with van der Waals surface area (Å²) >= 11 is 0. The summed E-state index contributed by atoms with van der Waals surface area (Å²) in [6.45, 7) is 2.07. The number of aromatic nitrogens is 3. The van der Waals surface area contributed by atoms with Crippen LogP contribution in [0.5, 0.6) is 0 Å². The van der Waals surface area contributed by atoms with Crippen LogP contribution in [0, 0.1) is 6.92 Å². The first-order valence-corrected chi connectivity index (χ1v) is 19.2. The van der Waals surface area contributed by atoms with Crippen molar-refractivity contribution in [2.24, 2.45) is 0 Å². The molecule has 0 atom stereocenters. The first kappa shape index (κ1) is 32.1. The summed E-state index contributed by atoms with van der Waals surface area (Å²) in [5, 5.41) is 7.21. The van der Waals surface area contributed by atoms with Gasteiger partial charge in [-0.2, -0.15) is 0 Å². The van der Waals surface area contributed by atoms with Gasteiger partial charge in [0.1, 0.15) is 0 Å². The Morgan fingerprint density at radius 1 is 0.321 bits per heavy atom. The van der Waals surface area contributed by atoms with E-state index in [9.17, 15) is 0 Å². The smallest absolute Gasteiger partial charge is 0.0979 e. The van der Waals surface area contributed by atoms with Crippen LogP contribution in [0.2, 0.25) is 0 Å². The molecule has 0 radical (unpaired) electrons. The highest BCUT2D eigenvalue weighted by molar-refractivity contribution is 6.23.